The van der Waals surface area contributed by atoms with Crippen LogP contribution in [-0.2, 0) is 0 Å². The Morgan fingerprint density at radius 3 is 2.50 bits per heavy atom. The van der Waals surface area contributed by atoms with Gasteiger partial charge in [-0.3, -0.25) is 4.79 Å². The summed E-state index contributed by atoms with van der Waals surface area (Å²) in [5, 5.41) is 3.09. The van der Waals surface area contributed by atoms with Crippen LogP contribution in [0, 0.1) is 0 Å². The van der Waals surface area contributed by atoms with E-state index in [1.807, 2.05) is 54.6 Å². The van der Waals surface area contributed by atoms with Crippen LogP contribution in [-0.4, -0.2) is 0 Å². The summed E-state index contributed by atoms with van der Waals surface area (Å²) in [4.78, 5) is 12.6. The van der Waals surface area contributed by atoms with Crippen LogP contribution in [0.4, 0.5) is 0 Å². The highest BCUT2D eigenvalue weighted by Crippen LogP contribution is 2.30. The van der Waals surface area contributed by atoms with Crippen molar-refractivity contribution in [1.29, 1.82) is 0 Å². The molecule has 0 aliphatic rings. The van der Waals surface area contributed by atoms with Gasteiger partial charge in [0.1, 0.15) is 11.3 Å². The smallest absolute Gasteiger partial charge is 0.193 e. The van der Waals surface area contributed by atoms with Gasteiger partial charge in [-0.15, -0.1) is 0 Å². The Morgan fingerprint density at radius 2 is 1.64 bits per heavy atom. The molecule has 4 rings (SSSR count). The van der Waals surface area contributed by atoms with Crippen LogP contribution in [0.15, 0.2) is 75.9 Å². The Morgan fingerprint density at radius 1 is 0.864 bits per heavy atom. The molecule has 3 aromatic carbocycles. The maximum Gasteiger partial charge on any atom is 0.193 e. The fourth-order valence-corrected chi connectivity index (χ4v) is 2.95. The fourth-order valence-electron chi connectivity index (χ4n) is 2.72. The largest absolute Gasteiger partial charge is 0.456 e. The SMILES string of the molecule is O=c1cc(-c2ccccc2Cl)oc2ccc3ccccc3c12. The molecule has 0 spiro atoms. The first kappa shape index (κ1) is 13.1. The molecular formula is C19H11ClO2. The van der Waals surface area contributed by atoms with Crippen molar-refractivity contribution in [3.8, 4) is 11.3 Å². The van der Waals surface area contributed by atoms with Crippen molar-refractivity contribution in [2.24, 2.45) is 0 Å². The first-order chi connectivity index (χ1) is 10.7. The average Bonchev–Trinajstić information content (AvgIpc) is 2.54. The molecule has 0 bridgehead atoms. The topological polar surface area (TPSA) is 30.2 Å². The van der Waals surface area contributed by atoms with Crippen molar-refractivity contribution in [3.05, 3.63) is 82.0 Å². The molecule has 0 saturated heterocycles. The Kier molecular flexibility index (Phi) is 2.98. The van der Waals surface area contributed by atoms with Gasteiger partial charge in [-0.2, -0.15) is 0 Å². The van der Waals surface area contributed by atoms with Crippen LogP contribution in [0.2, 0.25) is 5.02 Å². The molecule has 0 radical (unpaired) electrons. The van der Waals surface area contributed by atoms with Crippen molar-refractivity contribution in [3.63, 3.8) is 0 Å². The second-order valence-corrected chi connectivity index (χ2v) is 5.52. The molecule has 0 fully saturated rings. The Bertz CT molecular complexity index is 1060. The second kappa shape index (κ2) is 5.00. The molecule has 0 aliphatic heterocycles. The predicted octanol–water partition coefficient (Wildman–Crippen LogP) is 5.27. The first-order valence-electron chi connectivity index (χ1n) is 6.94. The number of hydrogen-bond acceptors (Lipinski definition) is 2. The van der Waals surface area contributed by atoms with Crippen molar-refractivity contribution in [2.45, 2.75) is 0 Å². The maximum atomic E-state index is 12.6. The molecule has 0 saturated carbocycles. The Labute approximate surface area is 131 Å². The minimum Gasteiger partial charge on any atom is -0.456 e. The third-order valence-corrected chi connectivity index (χ3v) is 4.09. The van der Waals surface area contributed by atoms with Gasteiger partial charge in [-0.05, 0) is 29.0 Å². The summed E-state index contributed by atoms with van der Waals surface area (Å²) >= 11 is 6.20. The third-order valence-electron chi connectivity index (χ3n) is 3.76. The van der Waals surface area contributed by atoms with Gasteiger partial charge in [0, 0.05) is 11.6 Å². The average molecular weight is 307 g/mol. The lowest BCUT2D eigenvalue weighted by atomic mass is 10.0. The number of fused-ring (bicyclic) bond motifs is 3. The Balaban J connectivity index is 2.08. The Hall–Kier alpha value is -2.58. The van der Waals surface area contributed by atoms with Crippen LogP contribution in [0.25, 0.3) is 33.1 Å². The van der Waals surface area contributed by atoms with E-state index in [0.29, 0.717) is 21.8 Å². The maximum absolute atomic E-state index is 12.6. The summed E-state index contributed by atoms with van der Waals surface area (Å²) in [7, 11) is 0. The molecule has 0 N–H and O–H groups in total. The van der Waals surface area contributed by atoms with Crippen LogP contribution in [0.1, 0.15) is 0 Å². The first-order valence-corrected chi connectivity index (χ1v) is 7.32. The third kappa shape index (κ3) is 2.00. The predicted molar refractivity (Wildman–Crippen MR) is 90.4 cm³/mol. The van der Waals surface area contributed by atoms with Gasteiger partial charge in [-0.25, -0.2) is 0 Å². The minimum atomic E-state index is -0.0621. The van der Waals surface area contributed by atoms with Crippen LogP contribution in [0.5, 0.6) is 0 Å². The molecule has 1 heterocycles. The van der Waals surface area contributed by atoms with Gasteiger partial charge in [0.15, 0.2) is 5.43 Å². The normalized spacial score (nSPS) is 11.1. The lowest BCUT2D eigenvalue weighted by molar-refractivity contribution is 0.619. The molecular weight excluding hydrogens is 296 g/mol. The van der Waals surface area contributed by atoms with E-state index in [9.17, 15) is 4.79 Å². The zero-order chi connectivity index (χ0) is 15.1. The monoisotopic (exact) mass is 306 g/mol. The van der Waals surface area contributed by atoms with Crippen molar-refractivity contribution in [2.75, 3.05) is 0 Å². The lowest BCUT2D eigenvalue weighted by Crippen LogP contribution is -2.01. The van der Waals surface area contributed by atoms with Crippen LogP contribution in [0.3, 0.4) is 0 Å². The fraction of sp³-hybridized carbons (Fsp3) is 0. The zero-order valence-corrected chi connectivity index (χ0v) is 12.3. The van der Waals surface area contributed by atoms with Crippen molar-refractivity contribution in [1.82, 2.24) is 0 Å². The summed E-state index contributed by atoms with van der Waals surface area (Å²) in [5.41, 5.74) is 1.23. The van der Waals surface area contributed by atoms with E-state index in [1.165, 1.54) is 6.07 Å². The van der Waals surface area contributed by atoms with E-state index in [4.69, 9.17) is 16.0 Å². The molecule has 2 nitrogen and oxygen atoms in total. The minimum absolute atomic E-state index is 0.0621. The summed E-state index contributed by atoms with van der Waals surface area (Å²) in [6, 6.07) is 20.4. The van der Waals surface area contributed by atoms with Crippen LogP contribution >= 0.6 is 11.6 Å². The number of hydrogen-bond donors (Lipinski definition) is 0. The molecule has 0 aliphatic carbocycles. The van der Waals surface area contributed by atoms with E-state index >= 15 is 0 Å². The highest BCUT2D eigenvalue weighted by molar-refractivity contribution is 6.33. The van der Waals surface area contributed by atoms with Crippen molar-refractivity contribution >= 4 is 33.3 Å². The van der Waals surface area contributed by atoms with E-state index in [1.54, 1.807) is 6.07 Å². The van der Waals surface area contributed by atoms with E-state index in [0.717, 1.165) is 16.3 Å². The van der Waals surface area contributed by atoms with E-state index < -0.39 is 0 Å². The zero-order valence-electron chi connectivity index (χ0n) is 11.5. The molecule has 0 unspecified atom stereocenters. The molecule has 0 atom stereocenters. The summed E-state index contributed by atoms with van der Waals surface area (Å²) in [5.74, 6) is 0.485. The quantitative estimate of drug-likeness (QED) is 0.449. The summed E-state index contributed by atoms with van der Waals surface area (Å²) in [6.45, 7) is 0. The van der Waals surface area contributed by atoms with Gasteiger partial charge in [0.2, 0.25) is 0 Å². The molecule has 1 aromatic heterocycles. The summed E-state index contributed by atoms with van der Waals surface area (Å²) < 4.78 is 5.93. The van der Waals surface area contributed by atoms with Crippen LogP contribution < -0.4 is 5.43 Å². The highest BCUT2D eigenvalue weighted by atomic mass is 35.5. The number of rotatable bonds is 1. The van der Waals surface area contributed by atoms with Gasteiger partial charge >= 0.3 is 0 Å². The molecule has 0 amide bonds. The number of benzene rings is 3. The molecule has 106 valence electrons. The standard InChI is InChI=1S/C19H11ClO2/c20-15-8-4-3-7-14(15)18-11-16(21)19-13-6-2-1-5-12(13)9-10-17(19)22-18/h1-11H. The lowest BCUT2D eigenvalue weighted by Gasteiger charge is -2.07. The van der Waals surface area contributed by atoms with E-state index in [2.05, 4.69) is 0 Å². The van der Waals surface area contributed by atoms with Gasteiger partial charge < -0.3 is 4.42 Å². The molecule has 22 heavy (non-hydrogen) atoms. The summed E-state index contributed by atoms with van der Waals surface area (Å²) in [6.07, 6.45) is 0. The van der Waals surface area contributed by atoms with Gasteiger partial charge in [-0.1, -0.05) is 54.1 Å². The van der Waals surface area contributed by atoms with Crippen molar-refractivity contribution < 1.29 is 4.42 Å². The van der Waals surface area contributed by atoms with E-state index in [-0.39, 0.29) is 5.43 Å². The molecule has 3 heteroatoms. The molecule has 4 aromatic rings. The highest BCUT2D eigenvalue weighted by Gasteiger charge is 2.11. The second-order valence-electron chi connectivity index (χ2n) is 5.11. The van der Waals surface area contributed by atoms with Gasteiger partial charge in [0.05, 0.1) is 10.4 Å². The number of halogens is 1. The van der Waals surface area contributed by atoms with Gasteiger partial charge in [0.25, 0.3) is 0 Å².